The topological polar surface area (TPSA) is 220 Å². The lowest BCUT2D eigenvalue weighted by molar-refractivity contribution is -0.189. The summed E-state index contributed by atoms with van der Waals surface area (Å²) in [5, 5.41) is 39.3. The predicted octanol–water partition coefficient (Wildman–Crippen LogP) is 3.09. The molecule has 2 saturated heterocycles. The van der Waals surface area contributed by atoms with Crippen molar-refractivity contribution >= 4 is 40.5 Å². The van der Waals surface area contributed by atoms with Crippen LogP contribution in [0.25, 0.3) is 33.3 Å². The maximum Gasteiger partial charge on any atom is 0.355 e. The van der Waals surface area contributed by atoms with E-state index in [2.05, 4.69) is 38.8 Å². The summed E-state index contributed by atoms with van der Waals surface area (Å²) in [6, 6.07) is 8.45. The number of likely N-dealkylation sites (tertiary alicyclic amines) is 1. The van der Waals surface area contributed by atoms with E-state index in [0.29, 0.717) is 24.1 Å². The molecule has 4 amide bonds. The summed E-state index contributed by atoms with van der Waals surface area (Å²) < 4.78 is 8.06. The number of amides is 4. The molecule has 4 atom stereocenters. The average molecular weight is 879 g/mol. The van der Waals surface area contributed by atoms with Crippen LogP contribution in [0, 0.1) is 11.3 Å². The summed E-state index contributed by atoms with van der Waals surface area (Å²) in [7, 11) is 1.39. The number of aryl methyl sites for hydroxylation is 1. The first-order chi connectivity index (χ1) is 30.3. The van der Waals surface area contributed by atoms with Crippen LogP contribution >= 0.6 is 0 Å². The summed E-state index contributed by atoms with van der Waals surface area (Å²) in [6.07, 6.45) is 6.50. The Morgan fingerprint density at radius 2 is 1.78 bits per heavy atom. The Balaban J connectivity index is 1.30. The van der Waals surface area contributed by atoms with Crippen molar-refractivity contribution in [2.45, 2.75) is 96.7 Å². The molecule has 17 heteroatoms. The lowest BCUT2D eigenvalue weighted by Gasteiger charge is -2.40. The van der Waals surface area contributed by atoms with Crippen LogP contribution in [0.3, 0.4) is 0 Å². The van der Waals surface area contributed by atoms with Crippen LogP contribution in [-0.4, -0.2) is 131 Å². The zero-order valence-corrected chi connectivity index (χ0v) is 37.3. The molecular weight excluding hydrogens is 821 g/mol. The number of rotatable bonds is 8. The Morgan fingerprint density at radius 1 is 1.05 bits per heavy atom. The molecule has 0 unspecified atom stereocenters. The van der Waals surface area contributed by atoms with Crippen molar-refractivity contribution in [1.29, 1.82) is 0 Å². The van der Waals surface area contributed by atoms with E-state index in [1.54, 1.807) is 32.3 Å². The number of aromatic nitrogens is 3. The zero-order chi connectivity index (χ0) is 46.3. The maximum atomic E-state index is 14.7. The zero-order valence-electron chi connectivity index (χ0n) is 37.3. The fourth-order valence-corrected chi connectivity index (χ4v) is 9.42. The van der Waals surface area contributed by atoms with Gasteiger partial charge in [0.05, 0.1) is 18.8 Å². The molecule has 6 bridgehead atoms. The molecule has 4 aromatic rings. The maximum absolute atomic E-state index is 14.7. The predicted molar refractivity (Wildman–Crippen MR) is 237 cm³/mol. The van der Waals surface area contributed by atoms with Gasteiger partial charge in [0.2, 0.25) is 17.5 Å². The number of phenolic OH excluding ortho intramolecular Hbond substituents is 1. The van der Waals surface area contributed by atoms with E-state index in [-0.39, 0.29) is 57.7 Å². The van der Waals surface area contributed by atoms with Crippen molar-refractivity contribution in [2.24, 2.45) is 11.3 Å². The standard InChI is InChI=1S/C47H58N8O9/c1-8-38(57)53-16-14-46(62,25-53)43(60)52(7)39(28(3)4)41(58)50-36-19-29-17-31(20-33(56)18-29)30-11-12-37-34(21-30)35(40(54(37)9-2)32-23-48-27-49-24-32)22-45(5,6)26-64-44(61)47(63)13-10-15-55(51-47)42(36)59/h8,11-12,17-18,20-21,23-24,27-28,36,39,51,56,62-63H,1,9-10,13-16,19,22,25-26H2,2-7H3,(H,50,58)/t36-,39-,46+,47-/m0/s1. The molecule has 3 aliphatic rings. The minimum Gasteiger partial charge on any atom is -0.508 e. The Kier molecular flexibility index (Phi) is 12.7. The van der Waals surface area contributed by atoms with Crippen LogP contribution in [0.4, 0.5) is 0 Å². The average Bonchev–Trinajstić information content (AvgIpc) is 3.81. The van der Waals surface area contributed by atoms with Gasteiger partial charge in [0.15, 0.2) is 5.60 Å². The first kappa shape index (κ1) is 45.8. The van der Waals surface area contributed by atoms with Gasteiger partial charge < -0.3 is 39.7 Å². The van der Waals surface area contributed by atoms with Crippen molar-refractivity contribution in [1.82, 2.24) is 40.1 Å². The Morgan fingerprint density at radius 3 is 2.47 bits per heavy atom. The summed E-state index contributed by atoms with van der Waals surface area (Å²) >= 11 is 0. The molecule has 64 heavy (non-hydrogen) atoms. The van der Waals surface area contributed by atoms with Crippen LogP contribution in [0.1, 0.15) is 65.0 Å². The molecule has 5 N–H and O–H groups in total. The van der Waals surface area contributed by atoms with Crippen LogP contribution < -0.4 is 10.7 Å². The number of phenols is 1. The van der Waals surface area contributed by atoms with Gasteiger partial charge in [0, 0.05) is 80.2 Å². The third-order valence-corrected chi connectivity index (χ3v) is 12.5. The number of β-amino-alcohol motifs (C(OH)–C–C–N with tert-alkyl or cyclic N) is 1. The molecule has 340 valence electrons. The molecule has 2 aromatic carbocycles. The fraction of sp³-hybridized carbons (Fsp3) is 0.468. The third kappa shape index (κ3) is 8.96. The highest BCUT2D eigenvalue weighted by atomic mass is 16.6. The van der Waals surface area contributed by atoms with Gasteiger partial charge >= 0.3 is 5.97 Å². The van der Waals surface area contributed by atoms with E-state index >= 15 is 0 Å². The van der Waals surface area contributed by atoms with Gasteiger partial charge in [-0.05, 0) is 78.3 Å². The van der Waals surface area contributed by atoms with Crippen LogP contribution in [-0.2, 0) is 48.1 Å². The summed E-state index contributed by atoms with van der Waals surface area (Å²) in [5.74, 6) is -4.17. The van der Waals surface area contributed by atoms with Crippen molar-refractivity contribution < 1.29 is 44.0 Å². The van der Waals surface area contributed by atoms with Crippen LogP contribution in [0.2, 0.25) is 0 Å². The molecule has 7 rings (SSSR count). The fourth-order valence-electron chi connectivity index (χ4n) is 9.42. The smallest absolute Gasteiger partial charge is 0.355 e. The highest BCUT2D eigenvalue weighted by Gasteiger charge is 2.49. The number of fused-ring (bicyclic) bond motifs is 6. The number of hydrogen-bond donors (Lipinski definition) is 5. The number of carbonyl (C=O) groups is 5. The van der Waals surface area contributed by atoms with Gasteiger partial charge in [-0.25, -0.2) is 14.8 Å². The van der Waals surface area contributed by atoms with Gasteiger partial charge in [0.1, 0.15) is 24.2 Å². The molecule has 2 aromatic heterocycles. The highest BCUT2D eigenvalue weighted by Crippen LogP contribution is 2.40. The lowest BCUT2D eigenvalue weighted by Crippen LogP contribution is -2.67. The number of likely N-dealkylation sites (N-methyl/N-ethyl adjacent to an activating group) is 1. The second-order valence-electron chi connectivity index (χ2n) is 18.4. The number of hydrogen-bond acceptors (Lipinski definition) is 12. The molecule has 3 aliphatic heterocycles. The summed E-state index contributed by atoms with van der Waals surface area (Å²) in [6.45, 7) is 13.4. The van der Waals surface area contributed by atoms with E-state index in [1.165, 1.54) is 24.3 Å². The first-order valence-corrected chi connectivity index (χ1v) is 21.7. The summed E-state index contributed by atoms with van der Waals surface area (Å²) in [5.41, 5.74) is 3.33. The van der Waals surface area contributed by atoms with Gasteiger partial charge in [-0.3, -0.25) is 24.2 Å². The van der Waals surface area contributed by atoms with Gasteiger partial charge in [-0.15, -0.1) is 0 Å². The van der Waals surface area contributed by atoms with E-state index in [1.807, 2.05) is 38.1 Å². The number of cyclic esters (lactones) is 1. The number of hydrazine groups is 1. The van der Waals surface area contributed by atoms with E-state index in [0.717, 1.165) is 49.3 Å². The second kappa shape index (κ2) is 17.8. The van der Waals surface area contributed by atoms with Gasteiger partial charge in [0.25, 0.3) is 11.8 Å². The summed E-state index contributed by atoms with van der Waals surface area (Å²) in [4.78, 5) is 80.3. The minimum absolute atomic E-state index is 0.0472. The number of carbonyl (C=O) groups excluding carboxylic acids is 5. The second-order valence-corrected chi connectivity index (χ2v) is 18.4. The number of nitrogens with one attached hydrogen (secondary N) is 2. The molecule has 17 nitrogen and oxygen atoms in total. The molecule has 2 fully saturated rings. The number of aliphatic hydroxyl groups is 2. The third-order valence-electron chi connectivity index (χ3n) is 12.5. The number of aromatic hydroxyl groups is 1. The Hall–Kier alpha value is -6.17. The molecule has 0 saturated carbocycles. The molecule has 0 aliphatic carbocycles. The minimum atomic E-state index is -2.29. The quantitative estimate of drug-likeness (QED) is 0.127. The largest absolute Gasteiger partial charge is 0.508 e. The van der Waals surface area contributed by atoms with Crippen molar-refractivity contribution in [3.05, 3.63) is 78.9 Å². The van der Waals surface area contributed by atoms with Crippen molar-refractivity contribution in [2.75, 3.05) is 33.3 Å². The molecule has 5 heterocycles. The normalized spacial score (nSPS) is 23.0. The number of benzene rings is 2. The first-order valence-electron chi connectivity index (χ1n) is 21.7. The van der Waals surface area contributed by atoms with E-state index in [9.17, 15) is 39.3 Å². The number of ether oxygens (including phenoxy) is 1. The van der Waals surface area contributed by atoms with Crippen LogP contribution in [0.5, 0.6) is 5.75 Å². The van der Waals surface area contributed by atoms with E-state index < -0.39 is 64.3 Å². The SMILES string of the molecule is C=CC(=O)N1CC[C@](O)(C(=O)N(C)[C@H](C(=O)N[C@H]2Cc3cc(O)cc(c3)-c3ccc4c(c3)c(c(-c3cncnc3)n4CC)CC(C)(C)COC(=O)[C@@]3(O)CCCN(N3)C2=O)C(C)C)C1. The van der Waals surface area contributed by atoms with Crippen molar-refractivity contribution in [3.8, 4) is 28.1 Å². The number of nitrogens with zero attached hydrogens (tertiary/aromatic N) is 6. The van der Waals surface area contributed by atoms with Gasteiger partial charge in [-0.2, -0.15) is 5.43 Å². The molecule has 0 radical (unpaired) electrons. The van der Waals surface area contributed by atoms with Gasteiger partial charge in [-0.1, -0.05) is 46.4 Å². The number of esters is 1. The highest BCUT2D eigenvalue weighted by molar-refractivity contribution is 5.97. The van der Waals surface area contributed by atoms with Crippen LogP contribution in [0.15, 0.2) is 67.8 Å². The van der Waals surface area contributed by atoms with E-state index in [4.69, 9.17) is 4.74 Å². The molecular formula is C47H58N8O9. The molecule has 0 spiro atoms. The Labute approximate surface area is 372 Å². The van der Waals surface area contributed by atoms with Crippen molar-refractivity contribution in [3.63, 3.8) is 0 Å². The lowest BCUT2D eigenvalue weighted by atomic mass is 9.84. The monoisotopic (exact) mass is 878 g/mol. The Bertz CT molecular complexity index is 2490.